The van der Waals surface area contributed by atoms with E-state index in [1.807, 2.05) is 20.8 Å². The lowest BCUT2D eigenvalue weighted by molar-refractivity contribution is 0.240. The van der Waals surface area contributed by atoms with Crippen molar-refractivity contribution >= 4 is 10.0 Å². The molecule has 0 saturated heterocycles. The summed E-state index contributed by atoms with van der Waals surface area (Å²) >= 11 is 0. The van der Waals surface area contributed by atoms with Gasteiger partial charge in [-0.1, -0.05) is 0 Å². The van der Waals surface area contributed by atoms with Crippen molar-refractivity contribution in [1.82, 2.24) is 14.9 Å². The van der Waals surface area contributed by atoms with Gasteiger partial charge in [0.1, 0.15) is 5.75 Å². The van der Waals surface area contributed by atoms with Gasteiger partial charge in [0.25, 0.3) is 0 Å². The average Bonchev–Trinajstić information content (AvgIpc) is 2.91. The molecule has 2 aromatic rings. The van der Waals surface area contributed by atoms with Crippen molar-refractivity contribution in [2.75, 3.05) is 0 Å². The molecule has 0 fully saturated rings. The van der Waals surface area contributed by atoms with Crippen LogP contribution in [-0.4, -0.2) is 24.7 Å². The number of aromatic nitrogens is 2. The minimum Gasteiger partial charge on any atom is -0.491 e. The molecule has 0 radical (unpaired) electrons. The van der Waals surface area contributed by atoms with Crippen LogP contribution in [0.2, 0.25) is 0 Å². The first kappa shape index (κ1) is 15.5. The van der Waals surface area contributed by atoms with E-state index < -0.39 is 10.0 Å². The lowest BCUT2D eigenvalue weighted by atomic mass is 10.2. The van der Waals surface area contributed by atoms with Crippen LogP contribution in [0.1, 0.15) is 25.0 Å². The Morgan fingerprint density at radius 3 is 2.71 bits per heavy atom. The Kier molecular flexibility index (Phi) is 4.64. The lowest BCUT2D eigenvalue weighted by Crippen LogP contribution is -2.23. The molecule has 0 saturated carbocycles. The Morgan fingerprint density at radius 2 is 2.14 bits per heavy atom. The summed E-state index contributed by atoms with van der Waals surface area (Å²) in [5.41, 5.74) is 1.56. The maximum atomic E-state index is 12.2. The molecular weight excluding hydrogens is 290 g/mol. The zero-order chi connectivity index (χ0) is 15.5. The third kappa shape index (κ3) is 4.05. The van der Waals surface area contributed by atoms with Gasteiger partial charge in [-0.3, -0.25) is 5.10 Å². The lowest BCUT2D eigenvalue weighted by Gasteiger charge is -2.13. The smallest absolute Gasteiger partial charge is 0.240 e. The molecule has 0 atom stereocenters. The highest BCUT2D eigenvalue weighted by Gasteiger charge is 2.15. The number of aryl methyl sites for hydroxylation is 1. The van der Waals surface area contributed by atoms with Crippen molar-refractivity contribution in [3.63, 3.8) is 0 Å². The number of sulfonamides is 1. The fraction of sp³-hybridized carbons (Fsp3) is 0.357. The van der Waals surface area contributed by atoms with E-state index in [4.69, 9.17) is 4.74 Å². The van der Waals surface area contributed by atoms with Gasteiger partial charge in [-0.2, -0.15) is 5.10 Å². The molecule has 1 heterocycles. The van der Waals surface area contributed by atoms with Gasteiger partial charge in [-0.15, -0.1) is 0 Å². The normalized spacial score (nSPS) is 11.8. The third-order valence-electron chi connectivity index (χ3n) is 2.84. The number of benzene rings is 1. The van der Waals surface area contributed by atoms with Crippen LogP contribution < -0.4 is 9.46 Å². The second-order valence-electron chi connectivity index (χ2n) is 5.03. The van der Waals surface area contributed by atoms with Gasteiger partial charge in [-0.05, 0) is 44.5 Å². The highest BCUT2D eigenvalue weighted by atomic mass is 32.2. The zero-order valence-electron chi connectivity index (χ0n) is 12.3. The van der Waals surface area contributed by atoms with Crippen molar-refractivity contribution < 1.29 is 13.2 Å². The second-order valence-corrected chi connectivity index (χ2v) is 6.79. The minimum absolute atomic E-state index is 0.0466. The van der Waals surface area contributed by atoms with Gasteiger partial charge in [0.2, 0.25) is 10.0 Å². The van der Waals surface area contributed by atoms with E-state index in [-0.39, 0.29) is 17.5 Å². The minimum atomic E-state index is -3.55. The molecule has 0 amide bonds. The molecule has 0 aliphatic carbocycles. The fourth-order valence-corrected chi connectivity index (χ4v) is 2.91. The van der Waals surface area contributed by atoms with E-state index in [0.29, 0.717) is 5.75 Å². The SMILES string of the molecule is Cc1cc(S(=O)(=O)NCc2cn[nH]c2)ccc1OC(C)C. The van der Waals surface area contributed by atoms with Crippen molar-refractivity contribution in [2.45, 2.75) is 38.3 Å². The van der Waals surface area contributed by atoms with E-state index in [9.17, 15) is 8.42 Å². The molecule has 21 heavy (non-hydrogen) atoms. The zero-order valence-corrected chi connectivity index (χ0v) is 13.1. The molecule has 0 aliphatic heterocycles. The fourth-order valence-electron chi connectivity index (χ4n) is 1.81. The van der Waals surface area contributed by atoms with Gasteiger partial charge in [0.05, 0.1) is 17.2 Å². The summed E-state index contributed by atoms with van der Waals surface area (Å²) in [4.78, 5) is 0.222. The summed E-state index contributed by atoms with van der Waals surface area (Å²) in [5.74, 6) is 0.693. The average molecular weight is 309 g/mol. The summed E-state index contributed by atoms with van der Waals surface area (Å²) in [5, 5.41) is 6.41. The Balaban J connectivity index is 2.14. The van der Waals surface area contributed by atoms with E-state index in [0.717, 1.165) is 11.1 Å². The van der Waals surface area contributed by atoms with Crippen LogP contribution in [0, 0.1) is 6.92 Å². The van der Waals surface area contributed by atoms with Crippen LogP contribution in [0.15, 0.2) is 35.5 Å². The number of nitrogens with zero attached hydrogens (tertiary/aromatic N) is 1. The van der Waals surface area contributed by atoms with Crippen LogP contribution in [0.5, 0.6) is 5.75 Å². The molecule has 1 aromatic carbocycles. The molecule has 1 aromatic heterocycles. The number of ether oxygens (including phenoxy) is 1. The van der Waals surface area contributed by atoms with Crippen LogP contribution in [0.4, 0.5) is 0 Å². The van der Waals surface area contributed by atoms with Gasteiger partial charge in [0.15, 0.2) is 0 Å². The quantitative estimate of drug-likeness (QED) is 0.854. The summed E-state index contributed by atoms with van der Waals surface area (Å²) < 4.78 is 32.6. The summed E-state index contributed by atoms with van der Waals surface area (Å²) in [7, 11) is -3.55. The number of H-pyrrole nitrogens is 1. The predicted octanol–water partition coefficient (Wildman–Crippen LogP) is 1.98. The van der Waals surface area contributed by atoms with Gasteiger partial charge in [-0.25, -0.2) is 13.1 Å². The Bertz CT molecular complexity index is 694. The highest BCUT2D eigenvalue weighted by molar-refractivity contribution is 7.89. The Labute approximate surface area is 124 Å². The molecular formula is C14H19N3O3S. The van der Waals surface area contributed by atoms with Gasteiger partial charge in [0, 0.05) is 18.3 Å². The largest absolute Gasteiger partial charge is 0.491 e. The Morgan fingerprint density at radius 1 is 1.38 bits per heavy atom. The number of hydrogen-bond acceptors (Lipinski definition) is 4. The maximum absolute atomic E-state index is 12.2. The monoisotopic (exact) mass is 309 g/mol. The van der Waals surface area contributed by atoms with E-state index in [1.165, 1.54) is 0 Å². The second kappa shape index (κ2) is 6.28. The first-order valence-electron chi connectivity index (χ1n) is 6.63. The van der Waals surface area contributed by atoms with Crippen LogP contribution in [0.3, 0.4) is 0 Å². The third-order valence-corrected chi connectivity index (χ3v) is 4.24. The van der Waals surface area contributed by atoms with Crippen molar-refractivity contribution in [3.05, 3.63) is 41.7 Å². The van der Waals surface area contributed by atoms with Crippen molar-refractivity contribution in [3.8, 4) is 5.75 Å². The van der Waals surface area contributed by atoms with Gasteiger partial charge < -0.3 is 4.74 Å². The van der Waals surface area contributed by atoms with E-state index in [2.05, 4.69) is 14.9 Å². The maximum Gasteiger partial charge on any atom is 0.240 e. The molecule has 2 N–H and O–H groups in total. The van der Waals surface area contributed by atoms with Crippen LogP contribution in [-0.2, 0) is 16.6 Å². The Hall–Kier alpha value is -1.86. The molecule has 0 spiro atoms. The topological polar surface area (TPSA) is 84.1 Å². The van der Waals surface area contributed by atoms with Crippen LogP contribution in [0.25, 0.3) is 0 Å². The number of aromatic amines is 1. The summed E-state index contributed by atoms with van der Waals surface area (Å²) in [6.45, 7) is 5.88. The van der Waals surface area contributed by atoms with Gasteiger partial charge >= 0.3 is 0 Å². The predicted molar refractivity (Wildman–Crippen MR) is 79.6 cm³/mol. The standard InChI is InChI=1S/C14H19N3O3S/c1-10(2)20-14-5-4-13(6-11(14)3)21(18,19)17-9-12-7-15-16-8-12/h4-8,10,17H,9H2,1-3H3,(H,15,16). The highest BCUT2D eigenvalue weighted by Crippen LogP contribution is 2.22. The first-order valence-corrected chi connectivity index (χ1v) is 8.11. The summed E-state index contributed by atoms with van der Waals surface area (Å²) in [6.07, 6.45) is 3.27. The number of rotatable bonds is 6. The molecule has 6 nitrogen and oxygen atoms in total. The molecule has 7 heteroatoms. The van der Waals surface area contributed by atoms with E-state index >= 15 is 0 Å². The molecule has 2 rings (SSSR count). The van der Waals surface area contributed by atoms with E-state index in [1.54, 1.807) is 30.6 Å². The van der Waals surface area contributed by atoms with Crippen molar-refractivity contribution in [1.29, 1.82) is 0 Å². The summed E-state index contributed by atoms with van der Waals surface area (Å²) in [6, 6.07) is 4.83. The molecule has 0 bridgehead atoms. The van der Waals surface area contributed by atoms with Crippen LogP contribution >= 0.6 is 0 Å². The molecule has 0 aliphatic rings. The number of nitrogens with one attached hydrogen (secondary N) is 2. The van der Waals surface area contributed by atoms with Crippen molar-refractivity contribution in [2.24, 2.45) is 0 Å². The molecule has 0 unspecified atom stereocenters. The molecule has 114 valence electrons. The number of hydrogen-bond donors (Lipinski definition) is 2. The first-order chi connectivity index (χ1) is 9.88.